The second-order valence-corrected chi connectivity index (χ2v) is 7.93. The number of aromatic nitrogens is 3. The van der Waals surface area contributed by atoms with Gasteiger partial charge in [-0.15, -0.1) is 0 Å². The predicted molar refractivity (Wildman–Crippen MR) is 125 cm³/mol. The second kappa shape index (κ2) is 9.19. The monoisotopic (exact) mass is 450 g/mol. The summed E-state index contributed by atoms with van der Waals surface area (Å²) >= 11 is 1.19. The minimum atomic E-state index is -0.252. The van der Waals surface area contributed by atoms with Gasteiger partial charge in [0.2, 0.25) is 5.91 Å². The molecule has 2 aromatic heterocycles. The second-order valence-electron chi connectivity index (χ2n) is 6.99. The van der Waals surface area contributed by atoms with E-state index in [2.05, 4.69) is 15.3 Å². The highest BCUT2D eigenvalue weighted by Gasteiger charge is 2.17. The van der Waals surface area contributed by atoms with E-state index in [1.165, 1.54) is 23.4 Å². The molecule has 0 spiro atoms. The molecular weight excluding hydrogens is 428 g/mol. The zero-order valence-electron chi connectivity index (χ0n) is 17.8. The summed E-state index contributed by atoms with van der Waals surface area (Å²) in [5, 5.41) is 3.27. The van der Waals surface area contributed by atoms with E-state index in [1.54, 1.807) is 25.3 Å². The van der Waals surface area contributed by atoms with Gasteiger partial charge in [-0.1, -0.05) is 30.0 Å². The Kier molecular flexibility index (Phi) is 6.18. The summed E-state index contributed by atoms with van der Waals surface area (Å²) < 4.78 is 12.0. The average Bonchev–Trinajstić information content (AvgIpc) is 3.19. The minimum Gasteiger partial charge on any atom is -0.497 e. The van der Waals surface area contributed by atoms with Gasteiger partial charge in [0.25, 0.3) is 5.56 Å². The Morgan fingerprint density at radius 1 is 1.12 bits per heavy atom. The van der Waals surface area contributed by atoms with Gasteiger partial charge in [-0.25, -0.2) is 4.98 Å². The minimum absolute atomic E-state index is 0.0589. The van der Waals surface area contributed by atoms with E-state index in [9.17, 15) is 9.59 Å². The van der Waals surface area contributed by atoms with Crippen molar-refractivity contribution < 1.29 is 14.3 Å². The van der Waals surface area contributed by atoms with Gasteiger partial charge in [-0.3, -0.25) is 14.2 Å². The van der Waals surface area contributed by atoms with Crippen LogP contribution in [0.15, 0.2) is 64.5 Å². The number of aromatic amines is 1. The number of nitrogens with zero attached hydrogens (tertiary/aromatic N) is 2. The summed E-state index contributed by atoms with van der Waals surface area (Å²) in [4.78, 5) is 33.6. The highest BCUT2D eigenvalue weighted by molar-refractivity contribution is 7.99. The smallest absolute Gasteiger partial charge is 0.283 e. The van der Waals surface area contributed by atoms with Gasteiger partial charge in [0.05, 0.1) is 36.9 Å². The summed E-state index contributed by atoms with van der Waals surface area (Å²) in [5.74, 6) is 0.924. The van der Waals surface area contributed by atoms with Crippen LogP contribution in [0, 0.1) is 6.92 Å². The van der Waals surface area contributed by atoms with Gasteiger partial charge in [0, 0.05) is 11.8 Å². The van der Waals surface area contributed by atoms with E-state index in [0.717, 1.165) is 5.69 Å². The van der Waals surface area contributed by atoms with Gasteiger partial charge >= 0.3 is 0 Å². The maximum absolute atomic E-state index is 13.2. The van der Waals surface area contributed by atoms with Crippen molar-refractivity contribution in [3.05, 3.63) is 70.6 Å². The molecule has 0 aliphatic rings. The SMILES string of the molecule is COc1ccc(NC(=O)CSc2nc3cc(C)[nH]c3c(=O)n2-c2ccccc2)c(OC)c1. The van der Waals surface area contributed by atoms with E-state index < -0.39 is 0 Å². The molecule has 32 heavy (non-hydrogen) atoms. The van der Waals surface area contributed by atoms with Gasteiger partial charge in [-0.05, 0) is 37.3 Å². The van der Waals surface area contributed by atoms with Crippen molar-refractivity contribution in [2.45, 2.75) is 12.1 Å². The van der Waals surface area contributed by atoms with E-state index in [4.69, 9.17) is 9.47 Å². The number of benzene rings is 2. The molecule has 0 fully saturated rings. The highest BCUT2D eigenvalue weighted by atomic mass is 32.2. The molecule has 0 aliphatic carbocycles. The number of amides is 1. The number of H-pyrrole nitrogens is 1. The van der Waals surface area contributed by atoms with Crippen LogP contribution in [0.2, 0.25) is 0 Å². The van der Waals surface area contributed by atoms with E-state index >= 15 is 0 Å². The highest BCUT2D eigenvalue weighted by Crippen LogP contribution is 2.29. The Morgan fingerprint density at radius 2 is 1.91 bits per heavy atom. The Morgan fingerprint density at radius 3 is 2.62 bits per heavy atom. The number of hydrogen-bond donors (Lipinski definition) is 2. The third-order valence-electron chi connectivity index (χ3n) is 4.79. The van der Waals surface area contributed by atoms with Crippen molar-refractivity contribution in [1.29, 1.82) is 0 Å². The number of para-hydroxylation sites is 1. The van der Waals surface area contributed by atoms with Crippen molar-refractivity contribution in [1.82, 2.24) is 14.5 Å². The summed E-state index contributed by atoms with van der Waals surface area (Å²) in [6, 6.07) is 16.2. The van der Waals surface area contributed by atoms with Crippen molar-refractivity contribution in [2.24, 2.45) is 0 Å². The fourth-order valence-electron chi connectivity index (χ4n) is 3.30. The topological polar surface area (TPSA) is 98.2 Å². The number of fused-ring (bicyclic) bond motifs is 1. The lowest BCUT2D eigenvalue weighted by molar-refractivity contribution is -0.113. The molecule has 164 valence electrons. The third kappa shape index (κ3) is 4.33. The summed E-state index contributed by atoms with van der Waals surface area (Å²) in [6.07, 6.45) is 0. The molecule has 0 unspecified atom stereocenters. The lowest BCUT2D eigenvalue weighted by Gasteiger charge is -2.13. The van der Waals surface area contributed by atoms with Crippen LogP contribution in [0.5, 0.6) is 11.5 Å². The normalized spacial score (nSPS) is 10.8. The molecule has 2 N–H and O–H groups in total. The number of carbonyl (C=O) groups excluding carboxylic acids is 1. The molecule has 1 amide bonds. The first kappa shape index (κ1) is 21.5. The molecule has 0 bridgehead atoms. The zero-order chi connectivity index (χ0) is 22.7. The number of anilines is 1. The van der Waals surface area contributed by atoms with E-state index in [0.29, 0.717) is 39.1 Å². The molecular formula is C23H22N4O4S. The van der Waals surface area contributed by atoms with Crippen LogP contribution in [0.4, 0.5) is 5.69 Å². The van der Waals surface area contributed by atoms with Crippen LogP contribution in [-0.4, -0.2) is 40.4 Å². The molecule has 4 aromatic rings. The first-order valence-electron chi connectivity index (χ1n) is 9.82. The molecule has 2 aromatic carbocycles. The third-order valence-corrected chi connectivity index (χ3v) is 5.72. The van der Waals surface area contributed by atoms with Crippen LogP contribution >= 0.6 is 11.8 Å². The molecule has 0 atom stereocenters. The number of hydrogen-bond acceptors (Lipinski definition) is 6. The van der Waals surface area contributed by atoms with Crippen LogP contribution in [0.3, 0.4) is 0 Å². The standard InChI is InChI=1S/C23H22N4O4S/c1-14-11-18-21(24-14)22(29)27(15-7-5-4-6-8-15)23(26-18)32-13-20(28)25-17-10-9-16(30-2)12-19(17)31-3/h4-12,24H,13H2,1-3H3,(H,25,28). The Labute approximate surface area is 188 Å². The lowest BCUT2D eigenvalue weighted by atomic mass is 10.2. The van der Waals surface area contributed by atoms with Crippen LogP contribution < -0.4 is 20.3 Å². The summed E-state index contributed by atoms with van der Waals surface area (Å²) in [6.45, 7) is 1.87. The van der Waals surface area contributed by atoms with Gasteiger partial charge in [0.1, 0.15) is 17.0 Å². The number of aryl methyl sites for hydroxylation is 1. The number of methoxy groups -OCH3 is 2. The van der Waals surface area contributed by atoms with Crippen molar-refractivity contribution in [2.75, 3.05) is 25.3 Å². The van der Waals surface area contributed by atoms with Gasteiger partial charge < -0.3 is 19.8 Å². The quantitative estimate of drug-likeness (QED) is 0.329. The molecule has 8 nitrogen and oxygen atoms in total. The van der Waals surface area contributed by atoms with E-state index in [-0.39, 0.29) is 17.2 Å². The molecule has 0 saturated carbocycles. The fourth-order valence-corrected chi connectivity index (χ4v) is 4.11. The Bertz CT molecular complexity index is 1330. The average molecular weight is 451 g/mol. The first-order valence-corrected chi connectivity index (χ1v) is 10.8. The van der Waals surface area contributed by atoms with Gasteiger partial charge in [0.15, 0.2) is 5.16 Å². The van der Waals surface area contributed by atoms with E-state index in [1.807, 2.05) is 43.3 Å². The molecule has 0 saturated heterocycles. The molecule has 0 radical (unpaired) electrons. The van der Waals surface area contributed by atoms with Crippen LogP contribution in [-0.2, 0) is 4.79 Å². The lowest BCUT2D eigenvalue weighted by Crippen LogP contribution is -2.23. The number of thioether (sulfide) groups is 1. The first-order chi connectivity index (χ1) is 15.5. The molecule has 0 aliphatic heterocycles. The van der Waals surface area contributed by atoms with Gasteiger partial charge in [-0.2, -0.15) is 0 Å². The van der Waals surface area contributed by atoms with Crippen LogP contribution in [0.1, 0.15) is 5.69 Å². The Hall–Kier alpha value is -3.72. The maximum Gasteiger partial charge on any atom is 0.283 e. The molecule has 4 rings (SSSR count). The number of ether oxygens (including phenoxy) is 2. The van der Waals surface area contributed by atoms with Crippen molar-refractivity contribution >= 4 is 34.4 Å². The number of carbonyl (C=O) groups is 1. The van der Waals surface area contributed by atoms with Crippen LogP contribution in [0.25, 0.3) is 16.7 Å². The number of nitrogens with one attached hydrogen (secondary N) is 2. The van der Waals surface area contributed by atoms with Crippen molar-refractivity contribution in [3.63, 3.8) is 0 Å². The molecule has 9 heteroatoms. The largest absolute Gasteiger partial charge is 0.497 e. The summed E-state index contributed by atoms with van der Waals surface area (Å²) in [5.41, 5.74) is 2.84. The Balaban J connectivity index is 1.62. The predicted octanol–water partition coefficient (Wildman–Crippen LogP) is 3.77. The fraction of sp³-hybridized carbons (Fsp3) is 0.174. The summed E-state index contributed by atoms with van der Waals surface area (Å²) in [7, 11) is 3.08. The maximum atomic E-state index is 13.2. The zero-order valence-corrected chi connectivity index (χ0v) is 18.7. The number of rotatable bonds is 7. The van der Waals surface area contributed by atoms with Crippen molar-refractivity contribution in [3.8, 4) is 17.2 Å². The molecule has 2 heterocycles.